The topological polar surface area (TPSA) is 69.3 Å². The number of hydrogen-bond donors (Lipinski definition) is 1. The van der Waals surface area contributed by atoms with Crippen molar-refractivity contribution in [3.05, 3.63) is 53.3 Å². The summed E-state index contributed by atoms with van der Waals surface area (Å²) in [5.74, 6) is 0.0432. The van der Waals surface area contributed by atoms with Crippen LogP contribution in [0, 0.1) is 6.92 Å². The number of nitrogens with zero attached hydrogens (tertiary/aromatic N) is 3. The quantitative estimate of drug-likeness (QED) is 0.904. The summed E-state index contributed by atoms with van der Waals surface area (Å²) < 4.78 is 0. The first-order chi connectivity index (χ1) is 12.0. The van der Waals surface area contributed by atoms with Crippen LogP contribution in [0.3, 0.4) is 0 Å². The molecule has 2 heterocycles. The van der Waals surface area contributed by atoms with Crippen molar-refractivity contribution < 1.29 is 9.59 Å². The fourth-order valence-electron chi connectivity index (χ4n) is 3.27. The van der Waals surface area contributed by atoms with Crippen LogP contribution in [0.5, 0.6) is 0 Å². The molecule has 1 aliphatic heterocycles. The Labute approximate surface area is 147 Å². The lowest BCUT2D eigenvalue weighted by molar-refractivity contribution is -0.151. The maximum absolute atomic E-state index is 12.7. The largest absolute Gasteiger partial charge is 0.335 e. The van der Waals surface area contributed by atoms with E-state index in [-0.39, 0.29) is 11.8 Å². The summed E-state index contributed by atoms with van der Waals surface area (Å²) in [5.41, 5.74) is 3.32. The molecule has 0 spiro atoms. The first-order valence-electron chi connectivity index (χ1n) is 8.66. The fourth-order valence-corrected chi connectivity index (χ4v) is 3.27. The Hall–Kier alpha value is -2.63. The lowest BCUT2D eigenvalue weighted by Crippen LogP contribution is -2.57. The van der Waals surface area contributed by atoms with Gasteiger partial charge in [-0.3, -0.25) is 14.7 Å². The summed E-state index contributed by atoms with van der Waals surface area (Å²) in [5, 5.41) is 6.63. The molecular weight excluding hydrogens is 316 g/mol. The number of aromatic nitrogens is 2. The number of carbonyl (C=O) groups is 2. The Morgan fingerprint density at radius 2 is 2.16 bits per heavy atom. The zero-order valence-corrected chi connectivity index (χ0v) is 14.7. The van der Waals surface area contributed by atoms with Gasteiger partial charge in [-0.2, -0.15) is 5.10 Å². The molecule has 1 saturated heterocycles. The number of aromatic amines is 1. The highest BCUT2D eigenvalue weighted by molar-refractivity contribution is 5.88. The highest BCUT2D eigenvalue weighted by Crippen LogP contribution is 2.17. The average Bonchev–Trinajstić information content (AvgIpc) is 3.11. The normalized spacial score (nSPS) is 17.8. The first-order valence-corrected chi connectivity index (χ1v) is 8.66. The smallest absolute Gasteiger partial charge is 0.245 e. The molecule has 1 fully saturated rings. The van der Waals surface area contributed by atoms with Crippen molar-refractivity contribution in [1.29, 1.82) is 0 Å². The second kappa shape index (κ2) is 7.51. The zero-order valence-electron chi connectivity index (χ0n) is 14.7. The van der Waals surface area contributed by atoms with Gasteiger partial charge in [0.05, 0.1) is 6.20 Å². The van der Waals surface area contributed by atoms with E-state index in [2.05, 4.69) is 16.3 Å². The molecule has 0 bridgehead atoms. The van der Waals surface area contributed by atoms with Gasteiger partial charge in [0.25, 0.3) is 0 Å². The lowest BCUT2D eigenvalue weighted by atomic mass is 10.1. The van der Waals surface area contributed by atoms with E-state index < -0.39 is 6.04 Å². The third kappa shape index (κ3) is 4.07. The molecule has 0 aliphatic carbocycles. The van der Waals surface area contributed by atoms with Crippen molar-refractivity contribution in [3.63, 3.8) is 0 Å². The maximum Gasteiger partial charge on any atom is 0.245 e. The molecule has 1 aromatic carbocycles. The summed E-state index contributed by atoms with van der Waals surface area (Å²) >= 11 is 0. The molecule has 1 aromatic heterocycles. The average molecular weight is 340 g/mol. The van der Waals surface area contributed by atoms with E-state index in [9.17, 15) is 9.59 Å². The van der Waals surface area contributed by atoms with Crippen LogP contribution >= 0.6 is 0 Å². The molecule has 6 nitrogen and oxygen atoms in total. The molecule has 6 heteroatoms. The molecule has 2 amide bonds. The van der Waals surface area contributed by atoms with Crippen LogP contribution in [-0.2, 0) is 22.6 Å². The Morgan fingerprint density at radius 3 is 2.88 bits per heavy atom. The third-order valence-electron chi connectivity index (χ3n) is 4.71. The number of hydrogen-bond acceptors (Lipinski definition) is 3. The van der Waals surface area contributed by atoms with Crippen LogP contribution in [0.2, 0.25) is 0 Å². The highest BCUT2D eigenvalue weighted by atomic mass is 16.2. The fraction of sp³-hybridized carbons (Fsp3) is 0.421. The number of H-pyrrole nitrogens is 1. The van der Waals surface area contributed by atoms with Crippen molar-refractivity contribution in [2.75, 3.05) is 13.1 Å². The Morgan fingerprint density at radius 1 is 1.32 bits per heavy atom. The van der Waals surface area contributed by atoms with Gasteiger partial charge in [0, 0.05) is 32.3 Å². The van der Waals surface area contributed by atoms with E-state index in [1.165, 1.54) is 5.56 Å². The monoisotopic (exact) mass is 340 g/mol. The van der Waals surface area contributed by atoms with Gasteiger partial charge in [-0.05, 0) is 31.4 Å². The van der Waals surface area contributed by atoms with Crippen LogP contribution in [0.1, 0.15) is 30.0 Å². The standard InChI is InChI=1S/C19H24N4O2/c1-14-4-3-5-16(10-14)13-22-8-9-23(15(2)19(22)25)18(24)7-6-17-11-20-21-12-17/h3-5,10-12,15H,6-9,13H2,1-2H3,(H,20,21). The van der Waals surface area contributed by atoms with Gasteiger partial charge in [-0.1, -0.05) is 29.8 Å². The van der Waals surface area contributed by atoms with Gasteiger partial charge < -0.3 is 9.80 Å². The minimum absolute atomic E-state index is 0.0180. The SMILES string of the molecule is Cc1cccc(CN2CCN(C(=O)CCc3cn[nH]c3)C(C)C2=O)c1. The number of carbonyl (C=O) groups excluding carboxylic acids is 2. The number of rotatable bonds is 5. The van der Waals surface area contributed by atoms with E-state index in [0.717, 1.165) is 11.1 Å². The van der Waals surface area contributed by atoms with Crippen molar-refractivity contribution in [3.8, 4) is 0 Å². The molecule has 132 valence electrons. The van der Waals surface area contributed by atoms with Gasteiger partial charge in [0.1, 0.15) is 6.04 Å². The van der Waals surface area contributed by atoms with Gasteiger partial charge >= 0.3 is 0 Å². The molecule has 1 unspecified atom stereocenters. The molecular formula is C19H24N4O2. The summed E-state index contributed by atoms with van der Waals surface area (Å²) in [4.78, 5) is 28.7. The summed E-state index contributed by atoms with van der Waals surface area (Å²) in [6.07, 6.45) is 4.55. The predicted molar refractivity (Wildman–Crippen MR) is 94.7 cm³/mol. The van der Waals surface area contributed by atoms with Crippen molar-refractivity contribution in [1.82, 2.24) is 20.0 Å². The molecule has 25 heavy (non-hydrogen) atoms. The molecule has 1 N–H and O–H groups in total. The maximum atomic E-state index is 12.7. The van der Waals surface area contributed by atoms with Gasteiger partial charge in [-0.15, -0.1) is 0 Å². The predicted octanol–water partition coefficient (Wildman–Crippen LogP) is 1.91. The highest BCUT2D eigenvalue weighted by Gasteiger charge is 2.33. The van der Waals surface area contributed by atoms with E-state index in [1.54, 1.807) is 17.3 Å². The molecule has 3 rings (SSSR count). The first kappa shape index (κ1) is 17.2. The molecule has 0 saturated carbocycles. The minimum Gasteiger partial charge on any atom is -0.335 e. The van der Waals surface area contributed by atoms with E-state index in [0.29, 0.717) is 32.5 Å². The number of benzene rings is 1. The summed E-state index contributed by atoms with van der Waals surface area (Å²) in [7, 11) is 0. The van der Waals surface area contributed by atoms with E-state index >= 15 is 0 Å². The third-order valence-corrected chi connectivity index (χ3v) is 4.71. The molecule has 1 aliphatic rings. The van der Waals surface area contributed by atoms with Gasteiger partial charge in [0.2, 0.25) is 11.8 Å². The van der Waals surface area contributed by atoms with Crippen molar-refractivity contribution >= 4 is 11.8 Å². The lowest BCUT2D eigenvalue weighted by Gasteiger charge is -2.39. The van der Waals surface area contributed by atoms with E-state index in [4.69, 9.17) is 0 Å². The zero-order chi connectivity index (χ0) is 17.8. The van der Waals surface area contributed by atoms with Gasteiger partial charge in [-0.25, -0.2) is 0 Å². The Kier molecular flexibility index (Phi) is 5.16. The van der Waals surface area contributed by atoms with Crippen molar-refractivity contribution in [2.24, 2.45) is 0 Å². The Balaban J connectivity index is 1.58. The van der Waals surface area contributed by atoms with Crippen LogP contribution < -0.4 is 0 Å². The van der Waals surface area contributed by atoms with Crippen LogP contribution in [-0.4, -0.2) is 50.9 Å². The van der Waals surface area contributed by atoms with Crippen LogP contribution in [0.25, 0.3) is 0 Å². The van der Waals surface area contributed by atoms with Gasteiger partial charge in [0.15, 0.2) is 0 Å². The minimum atomic E-state index is -0.407. The van der Waals surface area contributed by atoms with Crippen LogP contribution in [0.4, 0.5) is 0 Å². The second-order valence-electron chi connectivity index (χ2n) is 6.62. The molecule has 0 radical (unpaired) electrons. The number of nitrogens with one attached hydrogen (secondary N) is 1. The summed E-state index contributed by atoms with van der Waals surface area (Å²) in [6, 6.07) is 7.78. The Bertz CT molecular complexity index is 742. The number of aryl methyl sites for hydroxylation is 2. The molecule has 2 aromatic rings. The molecule has 1 atom stereocenters. The van der Waals surface area contributed by atoms with Crippen molar-refractivity contribution in [2.45, 2.75) is 39.3 Å². The van der Waals surface area contributed by atoms with Crippen LogP contribution in [0.15, 0.2) is 36.7 Å². The number of amides is 2. The second-order valence-corrected chi connectivity index (χ2v) is 6.62. The summed E-state index contributed by atoms with van der Waals surface area (Å²) in [6.45, 7) is 5.63. The van der Waals surface area contributed by atoms with E-state index in [1.807, 2.05) is 36.9 Å². The number of piperazine rings is 1.